The van der Waals surface area contributed by atoms with Crippen LogP contribution in [0.5, 0.6) is 0 Å². The molecule has 116 valence electrons. The molecule has 0 fully saturated rings. The highest BCUT2D eigenvalue weighted by molar-refractivity contribution is 5.85. The quantitative estimate of drug-likeness (QED) is 0.843. The number of rotatable bonds is 6. The maximum atomic E-state index is 11.6. The molecular weight excluding hydrogens is 297 g/mol. The summed E-state index contributed by atoms with van der Waals surface area (Å²) in [6.45, 7) is 5.26. The number of hydrogen-bond donors (Lipinski definition) is 2. The molecule has 0 aliphatic carbocycles. The highest BCUT2D eigenvalue weighted by Crippen LogP contribution is 2.09. The Kier molecular flexibility index (Phi) is 11.5. The second-order valence-corrected chi connectivity index (χ2v) is 4.82. The molecule has 1 aromatic rings. The van der Waals surface area contributed by atoms with E-state index in [1.807, 2.05) is 51.2 Å². The Morgan fingerprint density at radius 2 is 1.80 bits per heavy atom. The summed E-state index contributed by atoms with van der Waals surface area (Å²) in [7, 11) is 2.00. The summed E-state index contributed by atoms with van der Waals surface area (Å²) >= 11 is 0. The summed E-state index contributed by atoms with van der Waals surface area (Å²) in [6, 6.07) is 9.65. The molecule has 1 amide bonds. The topological polar surface area (TPSA) is 58.4 Å². The highest BCUT2D eigenvalue weighted by atomic mass is 35.5. The fourth-order valence-electron chi connectivity index (χ4n) is 1.58. The number of hydrogen-bond acceptors (Lipinski definition) is 3. The molecule has 0 saturated heterocycles. The minimum Gasteiger partial charge on any atom is -0.373 e. The highest BCUT2D eigenvalue weighted by Gasteiger charge is 2.16. The molecule has 0 heterocycles. The van der Waals surface area contributed by atoms with E-state index in [-0.39, 0.29) is 36.6 Å². The van der Waals surface area contributed by atoms with Crippen molar-refractivity contribution in [2.75, 3.05) is 25.0 Å². The Morgan fingerprint density at radius 3 is 2.30 bits per heavy atom. The Labute approximate surface area is 133 Å². The van der Waals surface area contributed by atoms with Crippen molar-refractivity contribution < 1.29 is 4.79 Å². The number of nitrogens with one attached hydrogen (secondary N) is 1. The molecule has 4 nitrogen and oxygen atoms in total. The summed E-state index contributed by atoms with van der Waals surface area (Å²) in [5.41, 5.74) is 6.90. The third kappa shape index (κ3) is 6.98. The second-order valence-electron chi connectivity index (χ2n) is 4.82. The number of carbonyl (C=O) groups excluding carboxylic acids is 1. The van der Waals surface area contributed by atoms with Crippen molar-refractivity contribution in [3.63, 3.8) is 0 Å². The van der Waals surface area contributed by atoms with E-state index in [9.17, 15) is 4.79 Å². The number of amides is 1. The molecule has 0 aliphatic rings. The molecule has 0 aromatic heterocycles. The van der Waals surface area contributed by atoms with Crippen LogP contribution in [0.15, 0.2) is 30.3 Å². The molecule has 0 bridgehead atoms. The zero-order valence-electron chi connectivity index (χ0n) is 12.2. The zero-order chi connectivity index (χ0) is 13.5. The summed E-state index contributed by atoms with van der Waals surface area (Å²) in [6.07, 6.45) is 0. The average molecular weight is 322 g/mol. The number of halogens is 2. The van der Waals surface area contributed by atoms with Gasteiger partial charge in [0.2, 0.25) is 5.91 Å². The minimum atomic E-state index is -0.424. The van der Waals surface area contributed by atoms with Crippen LogP contribution in [-0.2, 0) is 4.79 Å². The molecule has 1 aromatic carbocycles. The summed E-state index contributed by atoms with van der Waals surface area (Å²) in [5.74, 6) is 0.0864. The van der Waals surface area contributed by atoms with Crippen molar-refractivity contribution in [1.82, 2.24) is 5.32 Å². The van der Waals surface area contributed by atoms with Gasteiger partial charge in [-0.05, 0) is 18.1 Å². The average Bonchev–Trinajstić information content (AvgIpc) is 2.38. The Hall–Kier alpha value is -0.970. The van der Waals surface area contributed by atoms with Crippen molar-refractivity contribution in [2.24, 2.45) is 11.7 Å². The van der Waals surface area contributed by atoms with Crippen molar-refractivity contribution in [1.29, 1.82) is 0 Å². The van der Waals surface area contributed by atoms with Crippen LogP contribution in [0.1, 0.15) is 13.8 Å². The van der Waals surface area contributed by atoms with Crippen LogP contribution in [0.25, 0.3) is 0 Å². The SMILES string of the molecule is CC(C)C(N)C(=O)NCCN(C)c1ccccc1.Cl.Cl. The molecule has 1 unspecified atom stereocenters. The predicted octanol–water partition coefficient (Wildman–Crippen LogP) is 2.07. The van der Waals surface area contributed by atoms with Crippen LogP contribution in [0.4, 0.5) is 5.69 Å². The summed E-state index contributed by atoms with van der Waals surface area (Å²) in [5, 5.41) is 2.86. The lowest BCUT2D eigenvalue weighted by Gasteiger charge is -2.21. The Bertz CT molecular complexity index is 374. The van der Waals surface area contributed by atoms with Gasteiger partial charge in [0.15, 0.2) is 0 Å². The Balaban J connectivity index is 0. The van der Waals surface area contributed by atoms with Gasteiger partial charge in [-0.2, -0.15) is 0 Å². The fraction of sp³-hybridized carbons (Fsp3) is 0.500. The van der Waals surface area contributed by atoms with Gasteiger partial charge in [-0.15, -0.1) is 24.8 Å². The second kappa shape index (κ2) is 10.8. The van der Waals surface area contributed by atoms with Crippen LogP contribution in [-0.4, -0.2) is 32.1 Å². The first-order chi connectivity index (χ1) is 8.52. The fourth-order valence-corrected chi connectivity index (χ4v) is 1.58. The van der Waals surface area contributed by atoms with Gasteiger partial charge in [0.25, 0.3) is 0 Å². The van der Waals surface area contributed by atoms with E-state index in [4.69, 9.17) is 5.73 Å². The normalized spacial score (nSPS) is 11.1. The van der Waals surface area contributed by atoms with Crippen molar-refractivity contribution in [3.8, 4) is 0 Å². The minimum absolute atomic E-state index is 0. The summed E-state index contributed by atoms with van der Waals surface area (Å²) < 4.78 is 0. The lowest BCUT2D eigenvalue weighted by Crippen LogP contribution is -2.45. The molecule has 3 N–H and O–H groups in total. The van der Waals surface area contributed by atoms with Crippen molar-refractivity contribution >= 4 is 36.4 Å². The van der Waals surface area contributed by atoms with E-state index in [1.165, 1.54) is 0 Å². The van der Waals surface area contributed by atoms with E-state index in [0.717, 1.165) is 12.2 Å². The number of nitrogens with zero attached hydrogens (tertiary/aromatic N) is 1. The maximum Gasteiger partial charge on any atom is 0.237 e. The number of carbonyl (C=O) groups is 1. The zero-order valence-corrected chi connectivity index (χ0v) is 13.8. The van der Waals surface area contributed by atoms with Crippen molar-refractivity contribution in [2.45, 2.75) is 19.9 Å². The Morgan fingerprint density at radius 1 is 1.25 bits per heavy atom. The molecule has 0 aliphatic heterocycles. The van der Waals surface area contributed by atoms with Gasteiger partial charge in [0.05, 0.1) is 6.04 Å². The molecule has 0 spiro atoms. The number of nitrogens with two attached hydrogens (primary N) is 1. The first-order valence-electron chi connectivity index (χ1n) is 6.32. The van der Waals surface area contributed by atoms with E-state index in [0.29, 0.717) is 6.54 Å². The number of likely N-dealkylation sites (N-methyl/N-ethyl adjacent to an activating group) is 1. The molecular formula is C14H25Cl2N3O. The molecule has 0 saturated carbocycles. The lowest BCUT2D eigenvalue weighted by molar-refractivity contribution is -0.123. The first-order valence-corrected chi connectivity index (χ1v) is 6.32. The van der Waals surface area contributed by atoms with Crippen LogP contribution >= 0.6 is 24.8 Å². The smallest absolute Gasteiger partial charge is 0.237 e. The van der Waals surface area contributed by atoms with E-state index in [1.54, 1.807) is 0 Å². The first kappa shape index (κ1) is 21.3. The summed E-state index contributed by atoms with van der Waals surface area (Å²) in [4.78, 5) is 13.7. The molecule has 1 atom stereocenters. The molecule has 0 radical (unpaired) electrons. The van der Waals surface area contributed by atoms with Crippen LogP contribution in [0.3, 0.4) is 0 Å². The predicted molar refractivity (Wildman–Crippen MR) is 90.0 cm³/mol. The molecule has 1 rings (SSSR count). The monoisotopic (exact) mass is 321 g/mol. The van der Waals surface area contributed by atoms with Gasteiger partial charge < -0.3 is 16.0 Å². The van der Waals surface area contributed by atoms with Crippen LogP contribution in [0.2, 0.25) is 0 Å². The van der Waals surface area contributed by atoms with Gasteiger partial charge in [-0.3, -0.25) is 4.79 Å². The van der Waals surface area contributed by atoms with Gasteiger partial charge in [0.1, 0.15) is 0 Å². The van der Waals surface area contributed by atoms with Gasteiger partial charge in [-0.1, -0.05) is 32.0 Å². The maximum absolute atomic E-state index is 11.6. The van der Waals surface area contributed by atoms with Gasteiger partial charge >= 0.3 is 0 Å². The third-order valence-corrected chi connectivity index (χ3v) is 2.96. The third-order valence-electron chi connectivity index (χ3n) is 2.96. The van der Waals surface area contributed by atoms with Crippen molar-refractivity contribution in [3.05, 3.63) is 30.3 Å². The van der Waals surface area contributed by atoms with Gasteiger partial charge in [0, 0.05) is 25.8 Å². The number of benzene rings is 1. The van der Waals surface area contributed by atoms with Crippen LogP contribution in [0, 0.1) is 5.92 Å². The molecule has 6 heteroatoms. The molecule has 20 heavy (non-hydrogen) atoms. The van der Waals surface area contributed by atoms with Gasteiger partial charge in [-0.25, -0.2) is 0 Å². The standard InChI is InChI=1S/C14H23N3O.2ClH/c1-11(2)13(15)14(18)16-9-10-17(3)12-7-5-4-6-8-12;;/h4-8,11,13H,9-10,15H2,1-3H3,(H,16,18);2*1H. The number of para-hydroxylation sites is 1. The van der Waals surface area contributed by atoms with E-state index < -0.39 is 6.04 Å². The van der Waals surface area contributed by atoms with Crippen LogP contribution < -0.4 is 16.0 Å². The van der Waals surface area contributed by atoms with E-state index >= 15 is 0 Å². The van der Waals surface area contributed by atoms with E-state index in [2.05, 4.69) is 10.2 Å². The lowest BCUT2D eigenvalue weighted by atomic mass is 10.1. The largest absolute Gasteiger partial charge is 0.373 e. The number of anilines is 1.